The third-order valence-electron chi connectivity index (χ3n) is 4.61. The molecule has 6 nitrogen and oxygen atoms in total. The lowest BCUT2D eigenvalue weighted by Gasteiger charge is -2.22. The van der Waals surface area contributed by atoms with Crippen LogP contribution in [0.5, 0.6) is 5.75 Å². The number of carbonyl (C=O) groups excluding carboxylic acids is 3. The molecule has 0 spiro atoms. The van der Waals surface area contributed by atoms with Gasteiger partial charge in [-0.15, -0.1) is 0 Å². The first-order chi connectivity index (χ1) is 13.1. The van der Waals surface area contributed by atoms with Crippen LogP contribution in [0.1, 0.15) is 38.2 Å². The summed E-state index contributed by atoms with van der Waals surface area (Å²) in [7, 11) is 0. The first-order valence-corrected chi connectivity index (χ1v) is 10.2. The maximum atomic E-state index is 12.6. The Morgan fingerprint density at radius 3 is 2.41 bits per heavy atom. The van der Waals surface area contributed by atoms with Crippen LogP contribution < -0.4 is 4.74 Å². The van der Waals surface area contributed by atoms with E-state index in [0.717, 1.165) is 53.7 Å². The normalized spacial score (nSPS) is 19.5. The molecule has 0 atom stereocenters. The van der Waals surface area contributed by atoms with Crippen molar-refractivity contribution >= 4 is 34.9 Å². The molecular weight excluding hydrogens is 364 g/mol. The van der Waals surface area contributed by atoms with Crippen LogP contribution in [0.15, 0.2) is 29.2 Å². The van der Waals surface area contributed by atoms with E-state index in [4.69, 9.17) is 4.74 Å². The van der Waals surface area contributed by atoms with E-state index in [1.807, 2.05) is 31.2 Å². The Morgan fingerprint density at radius 2 is 1.78 bits per heavy atom. The summed E-state index contributed by atoms with van der Waals surface area (Å²) in [6.45, 7) is 3.74. The Morgan fingerprint density at radius 1 is 1.11 bits per heavy atom. The van der Waals surface area contributed by atoms with Crippen LogP contribution in [0.2, 0.25) is 0 Å². The van der Waals surface area contributed by atoms with Crippen LogP contribution in [0.4, 0.5) is 4.79 Å². The largest absolute Gasteiger partial charge is 0.494 e. The zero-order chi connectivity index (χ0) is 19.2. The van der Waals surface area contributed by atoms with Gasteiger partial charge < -0.3 is 9.64 Å². The number of ether oxygens (including phenoxy) is 1. The lowest BCUT2D eigenvalue weighted by atomic mass is 10.2. The van der Waals surface area contributed by atoms with E-state index in [1.54, 1.807) is 11.0 Å². The van der Waals surface area contributed by atoms with Gasteiger partial charge in [0.05, 0.1) is 11.5 Å². The molecule has 7 heteroatoms. The molecule has 0 saturated carbocycles. The summed E-state index contributed by atoms with van der Waals surface area (Å²) < 4.78 is 5.40. The van der Waals surface area contributed by atoms with Crippen molar-refractivity contribution in [2.45, 2.75) is 32.6 Å². The molecule has 2 aliphatic heterocycles. The Kier molecular flexibility index (Phi) is 6.55. The van der Waals surface area contributed by atoms with Crippen LogP contribution in [0, 0.1) is 0 Å². The summed E-state index contributed by atoms with van der Waals surface area (Å²) in [5, 5.41) is -0.389. The molecule has 0 aliphatic carbocycles. The molecule has 1 aromatic rings. The number of hydrogen-bond acceptors (Lipinski definition) is 5. The van der Waals surface area contributed by atoms with E-state index in [9.17, 15) is 14.4 Å². The first-order valence-electron chi connectivity index (χ1n) is 9.34. The van der Waals surface area contributed by atoms with Gasteiger partial charge in [0.25, 0.3) is 11.1 Å². The number of benzene rings is 1. The standard InChI is InChI=1S/C20H24N2O4S/c1-2-26-16-9-7-15(8-10-16)13-17-19(24)22(20(25)27-17)14-18(23)21-11-5-3-4-6-12-21/h7-10,13H,2-6,11-12,14H2,1H3. The van der Waals surface area contributed by atoms with E-state index in [-0.39, 0.29) is 17.7 Å². The second kappa shape index (κ2) is 9.08. The van der Waals surface area contributed by atoms with Crippen LogP contribution in [0.25, 0.3) is 6.08 Å². The second-order valence-electron chi connectivity index (χ2n) is 6.56. The van der Waals surface area contributed by atoms with Crippen LogP contribution in [-0.4, -0.2) is 53.1 Å². The van der Waals surface area contributed by atoms with Gasteiger partial charge in [-0.05, 0) is 55.3 Å². The van der Waals surface area contributed by atoms with Gasteiger partial charge in [-0.2, -0.15) is 0 Å². The van der Waals surface area contributed by atoms with E-state index >= 15 is 0 Å². The van der Waals surface area contributed by atoms with Crippen molar-refractivity contribution in [3.63, 3.8) is 0 Å². The summed E-state index contributed by atoms with van der Waals surface area (Å²) in [5.74, 6) is 0.203. The molecule has 3 amide bonds. The van der Waals surface area contributed by atoms with Crippen LogP contribution in [0.3, 0.4) is 0 Å². The highest BCUT2D eigenvalue weighted by Gasteiger charge is 2.37. The molecule has 2 heterocycles. The lowest BCUT2D eigenvalue weighted by molar-refractivity contribution is -0.135. The Balaban J connectivity index is 1.66. The smallest absolute Gasteiger partial charge is 0.294 e. The topological polar surface area (TPSA) is 66.9 Å². The van der Waals surface area contributed by atoms with E-state index in [1.165, 1.54) is 0 Å². The number of likely N-dealkylation sites (tertiary alicyclic amines) is 1. The van der Waals surface area contributed by atoms with Crippen molar-refractivity contribution in [1.29, 1.82) is 0 Å². The molecular formula is C20H24N2O4S. The van der Waals surface area contributed by atoms with Crippen LogP contribution >= 0.6 is 11.8 Å². The van der Waals surface area contributed by atoms with E-state index in [2.05, 4.69) is 0 Å². The fourth-order valence-corrected chi connectivity index (χ4v) is 4.01. The molecule has 3 rings (SSSR count). The van der Waals surface area contributed by atoms with Gasteiger partial charge >= 0.3 is 0 Å². The number of nitrogens with zero attached hydrogens (tertiary/aromatic N) is 2. The molecule has 0 unspecified atom stereocenters. The maximum absolute atomic E-state index is 12.6. The number of rotatable bonds is 5. The fourth-order valence-electron chi connectivity index (χ4n) is 3.17. The molecule has 27 heavy (non-hydrogen) atoms. The van der Waals surface area contributed by atoms with Gasteiger partial charge in [-0.1, -0.05) is 25.0 Å². The van der Waals surface area contributed by atoms with Crippen LogP contribution in [-0.2, 0) is 9.59 Å². The lowest BCUT2D eigenvalue weighted by Crippen LogP contribution is -2.42. The monoisotopic (exact) mass is 388 g/mol. The zero-order valence-electron chi connectivity index (χ0n) is 15.5. The van der Waals surface area contributed by atoms with Gasteiger partial charge in [-0.25, -0.2) is 0 Å². The Bertz CT molecular complexity index is 737. The van der Waals surface area contributed by atoms with Gasteiger partial charge in [-0.3, -0.25) is 19.3 Å². The number of imide groups is 1. The number of amides is 3. The van der Waals surface area contributed by atoms with Crippen molar-refractivity contribution in [1.82, 2.24) is 9.80 Å². The van der Waals surface area contributed by atoms with Crippen molar-refractivity contribution in [3.05, 3.63) is 34.7 Å². The van der Waals surface area contributed by atoms with Crippen molar-refractivity contribution in [2.24, 2.45) is 0 Å². The first kappa shape index (κ1) is 19.5. The molecule has 2 aliphatic rings. The molecule has 0 aromatic heterocycles. The molecule has 2 saturated heterocycles. The van der Waals surface area contributed by atoms with E-state index in [0.29, 0.717) is 24.6 Å². The zero-order valence-corrected chi connectivity index (χ0v) is 16.3. The molecule has 1 aromatic carbocycles. The average molecular weight is 388 g/mol. The highest BCUT2D eigenvalue weighted by molar-refractivity contribution is 8.18. The fraction of sp³-hybridized carbons (Fsp3) is 0.450. The third kappa shape index (κ3) is 4.91. The minimum absolute atomic E-state index is 0.151. The SMILES string of the molecule is CCOc1ccc(C=C2SC(=O)N(CC(=O)N3CCCCCC3)C2=O)cc1. The quantitative estimate of drug-likeness (QED) is 0.722. The molecule has 2 fully saturated rings. The van der Waals surface area contributed by atoms with Gasteiger partial charge in [0.15, 0.2) is 0 Å². The number of carbonyl (C=O) groups is 3. The van der Waals surface area contributed by atoms with Crippen molar-refractivity contribution in [3.8, 4) is 5.75 Å². The van der Waals surface area contributed by atoms with Gasteiger partial charge in [0, 0.05) is 13.1 Å². The summed E-state index contributed by atoms with van der Waals surface area (Å²) in [5.41, 5.74) is 0.808. The predicted molar refractivity (Wildman–Crippen MR) is 105 cm³/mol. The summed E-state index contributed by atoms with van der Waals surface area (Å²) in [4.78, 5) is 40.5. The summed E-state index contributed by atoms with van der Waals surface area (Å²) in [6, 6.07) is 7.31. The van der Waals surface area contributed by atoms with Gasteiger partial charge in [0.1, 0.15) is 12.3 Å². The number of hydrogen-bond donors (Lipinski definition) is 0. The molecule has 0 N–H and O–H groups in total. The minimum atomic E-state index is -0.401. The Labute approximate surface area is 163 Å². The highest BCUT2D eigenvalue weighted by atomic mass is 32.2. The molecule has 0 bridgehead atoms. The average Bonchev–Trinajstić information content (AvgIpc) is 2.87. The van der Waals surface area contributed by atoms with Crippen molar-refractivity contribution < 1.29 is 19.1 Å². The predicted octanol–water partition coefficient (Wildman–Crippen LogP) is 3.52. The maximum Gasteiger partial charge on any atom is 0.294 e. The van der Waals surface area contributed by atoms with Gasteiger partial charge in [0.2, 0.25) is 5.91 Å². The van der Waals surface area contributed by atoms with Crippen molar-refractivity contribution in [2.75, 3.05) is 26.2 Å². The third-order valence-corrected chi connectivity index (χ3v) is 5.52. The van der Waals surface area contributed by atoms with E-state index < -0.39 is 5.91 Å². The Hall–Kier alpha value is -2.28. The molecule has 144 valence electrons. The highest BCUT2D eigenvalue weighted by Crippen LogP contribution is 2.32. The molecule has 0 radical (unpaired) electrons. The minimum Gasteiger partial charge on any atom is -0.494 e. The number of thioether (sulfide) groups is 1. The summed E-state index contributed by atoms with van der Waals surface area (Å²) >= 11 is 0.880. The summed E-state index contributed by atoms with van der Waals surface area (Å²) in [6.07, 6.45) is 5.87. The second-order valence-corrected chi connectivity index (χ2v) is 7.56.